The lowest BCUT2D eigenvalue weighted by molar-refractivity contribution is -0.385. The highest BCUT2D eigenvalue weighted by Gasteiger charge is 2.24. The van der Waals surface area contributed by atoms with Crippen LogP contribution in [0.4, 0.5) is 11.4 Å². The highest BCUT2D eigenvalue weighted by molar-refractivity contribution is 7.92. The molecule has 0 heterocycles. The fourth-order valence-electron chi connectivity index (χ4n) is 2.15. The Balaban J connectivity index is 2.45. The Morgan fingerprint density at radius 2 is 1.88 bits per heavy atom. The predicted octanol–water partition coefficient (Wildman–Crippen LogP) is 3.15. The summed E-state index contributed by atoms with van der Waals surface area (Å²) in [5.41, 5.74) is -0.0902. The molecular weight excluding hydrogens is 384 g/mol. The zero-order valence-corrected chi connectivity index (χ0v) is 15.2. The molecule has 10 heteroatoms. The summed E-state index contributed by atoms with van der Waals surface area (Å²) in [5, 5.41) is 11.4. The van der Waals surface area contributed by atoms with Gasteiger partial charge in [-0.25, -0.2) is 8.42 Å². The van der Waals surface area contributed by atoms with Gasteiger partial charge in [-0.15, -0.1) is 0 Å². The number of carbonyl (C=O) groups excluding carboxylic acids is 1. The van der Waals surface area contributed by atoms with Gasteiger partial charge in [0.25, 0.3) is 15.7 Å². The van der Waals surface area contributed by atoms with Crippen molar-refractivity contribution in [2.24, 2.45) is 0 Å². The van der Waals surface area contributed by atoms with Gasteiger partial charge in [-0.3, -0.25) is 19.6 Å². The number of sulfonamides is 1. The van der Waals surface area contributed by atoms with Crippen LogP contribution in [0.3, 0.4) is 0 Å². The van der Waals surface area contributed by atoms with Gasteiger partial charge < -0.3 is 4.74 Å². The van der Waals surface area contributed by atoms with Crippen molar-refractivity contribution in [3.63, 3.8) is 0 Å². The number of nitro benzene ring substituents is 1. The van der Waals surface area contributed by atoms with Crippen molar-refractivity contribution < 1.29 is 22.9 Å². The van der Waals surface area contributed by atoms with Gasteiger partial charge in [0.2, 0.25) is 0 Å². The highest BCUT2D eigenvalue weighted by atomic mass is 35.5. The Hall–Kier alpha value is -2.65. The zero-order chi connectivity index (χ0) is 19.3. The van der Waals surface area contributed by atoms with E-state index in [4.69, 9.17) is 16.3 Å². The lowest BCUT2D eigenvalue weighted by Gasteiger charge is -2.12. The van der Waals surface area contributed by atoms with E-state index in [9.17, 15) is 23.3 Å². The number of ether oxygens (including phenoxy) is 1. The summed E-state index contributed by atoms with van der Waals surface area (Å²) in [6.45, 7) is 1.75. The molecule has 0 saturated heterocycles. The molecule has 0 radical (unpaired) electrons. The van der Waals surface area contributed by atoms with Crippen LogP contribution in [0.15, 0.2) is 47.4 Å². The molecule has 138 valence electrons. The van der Waals surface area contributed by atoms with Gasteiger partial charge in [0.1, 0.15) is 0 Å². The van der Waals surface area contributed by atoms with Gasteiger partial charge in [-0.05, 0) is 36.8 Å². The number of hydrogen-bond acceptors (Lipinski definition) is 6. The van der Waals surface area contributed by atoms with Crippen LogP contribution in [0, 0.1) is 10.1 Å². The van der Waals surface area contributed by atoms with Crippen LogP contribution in [0.5, 0.6) is 0 Å². The van der Waals surface area contributed by atoms with E-state index in [1.807, 2.05) is 0 Å². The van der Waals surface area contributed by atoms with Gasteiger partial charge >= 0.3 is 5.97 Å². The van der Waals surface area contributed by atoms with E-state index >= 15 is 0 Å². The quantitative estimate of drug-likeness (QED) is 0.435. The van der Waals surface area contributed by atoms with Crippen LogP contribution < -0.4 is 4.72 Å². The molecule has 0 saturated carbocycles. The number of carbonyl (C=O) groups is 1. The lowest BCUT2D eigenvalue weighted by atomic mass is 10.1. The van der Waals surface area contributed by atoms with E-state index in [1.54, 1.807) is 6.92 Å². The SMILES string of the molecule is CCOC(=O)Cc1ccc([N+](=O)[O-])cc1S(=O)(=O)Nc1ccc(Cl)cc1. The number of nitrogens with zero attached hydrogens (tertiary/aromatic N) is 1. The topological polar surface area (TPSA) is 116 Å². The lowest BCUT2D eigenvalue weighted by Crippen LogP contribution is -2.17. The van der Waals surface area contributed by atoms with Crippen LogP contribution in [0.2, 0.25) is 5.02 Å². The number of halogens is 1. The van der Waals surface area contributed by atoms with Gasteiger partial charge in [0.05, 0.1) is 22.8 Å². The van der Waals surface area contributed by atoms with Crippen molar-refractivity contribution in [2.75, 3.05) is 11.3 Å². The zero-order valence-electron chi connectivity index (χ0n) is 13.6. The fraction of sp³-hybridized carbons (Fsp3) is 0.188. The molecule has 0 bridgehead atoms. The highest BCUT2D eigenvalue weighted by Crippen LogP contribution is 2.26. The Labute approximate surface area is 154 Å². The average Bonchev–Trinajstić information content (AvgIpc) is 2.57. The number of non-ortho nitro benzene ring substituents is 1. The molecule has 2 aromatic rings. The van der Waals surface area contributed by atoms with Crippen molar-refractivity contribution in [3.8, 4) is 0 Å². The van der Waals surface area contributed by atoms with E-state index in [2.05, 4.69) is 4.72 Å². The first kappa shape index (κ1) is 19.7. The van der Waals surface area contributed by atoms with E-state index in [0.717, 1.165) is 12.1 Å². The Morgan fingerprint density at radius 3 is 2.46 bits per heavy atom. The van der Waals surface area contributed by atoms with E-state index in [0.29, 0.717) is 5.02 Å². The Kier molecular flexibility index (Phi) is 6.17. The average molecular weight is 399 g/mol. The van der Waals surface area contributed by atoms with Crippen LogP contribution >= 0.6 is 11.6 Å². The van der Waals surface area contributed by atoms with Gasteiger partial charge in [0.15, 0.2) is 0 Å². The first-order valence-electron chi connectivity index (χ1n) is 7.44. The van der Waals surface area contributed by atoms with Crippen LogP contribution in [-0.4, -0.2) is 25.9 Å². The maximum Gasteiger partial charge on any atom is 0.310 e. The summed E-state index contributed by atoms with van der Waals surface area (Å²) in [6, 6.07) is 9.15. The molecule has 0 amide bonds. The smallest absolute Gasteiger partial charge is 0.310 e. The summed E-state index contributed by atoms with van der Waals surface area (Å²) >= 11 is 5.76. The summed E-state index contributed by atoms with van der Waals surface area (Å²) in [5.74, 6) is -0.635. The minimum atomic E-state index is -4.18. The Bertz CT molecular complexity index is 928. The first-order valence-corrected chi connectivity index (χ1v) is 9.30. The van der Waals surface area contributed by atoms with Gasteiger partial charge in [-0.1, -0.05) is 17.7 Å². The molecule has 0 aromatic heterocycles. The summed E-state index contributed by atoms with van der Waals surface area (Å²) in [6.07, 6.45) is -0.331. The predicted molar refractivity (Wildman–Crippen MR) is 95.7 cm³/mol. The fourth-order valence-corrected chi connectivity index (χ4v) is 3.59. The van der Waals surface area contributed by atoms with Gasteiger partial charge in [0, 0.05) is 22.8 Å². The van der Waals surface area contributed by atoms with Crippen LogP contribution in [-0.2, 0) is 26.0 Å². The number of anilines is 1. The maximum atomic E-state index is 12.7. The molecule has 0 atom stereocenters. The third kappa shape index (κ3) is 4.93. The molecule has 0 spiro atoms. The molecule has 0 unspecified atom stereocenters. The number of rotatable bonds is 7. The third-order valence-corrected chi connectivity index (χ3v) is 5.00. The molecule has 1 N–H and O–H groups in total. The molecule has 0 fully saturated rings. The van der Waals surface area contributed by atoms with Crippen LogP contribution in [0.25, 0.3) is 0 Å². The molecule has 0 aliphatic rings. The first-order chi connectivity index (χ1) is 12.2. The second kappa shape index (κ2) is 8.15. The summed E-state index contributed by atoms with van der Waals surface area (Å²) < 4.78 is 32.5. The molecule has 2 rings (SSSR count). The molecule has 2 aromatic carbocycles. The number of nitro groups is 1. The maximum absolute atomic E-state index is 12.7. The number of hydrogen-bond donors (Lipinski definition) is 1. The second-order valence-electron chi connectivity index (χ2n) is 5.14. The molecular formula is C16H15ClN2O6S. The van der Waals surface area contributed by atoms with Crippen molar-refractivity contribution in [3.05, 3.63) is 63.2 Å². The largest absolute Gasteiger partial charge is 0.466 e. The second-order valence-corrected chi connectivity index (χ2v) is 7.23. The minimum absolute atomic E-state index is 0.0931. The summed E-state index contributed by atoms with van der Waals surface area (Å²) in [7, 11) is -4.18. The van der Waals surface area contributed by atoms with E-state index in [1.165, 1.54) is 30.3 Å². The molecule has 8 nitrogen and oxygen atoms in total. The third-order valence-electron chi connectivity index (χ3n) is 3.29. The van der Waals surface area contributed by atoms with E-state index < -0.39 is 26.6 Å². The Morgan fingerprint density at radius 1 is 1.23 bits per heavy atom. The van der Waals surface area contributed by atoms with Gasteiger partial charge in [-0.2, -0.15) is 0 Å². The normalized spacial score (nSPS) is 11.0. The van der Waals surface area contributed by atoms with Crippen molar-refractivity contribution >= 4 is 39.0 Å². The van der Waals surface area contributed by atoms with Crippen LogP contribution in [0.1, 0.15) is 12.5 Å². The number of benzene rings is 2. The monoisotopic (exact) mass is 398 g/mol. The minimum Gasteiger partial charge on any atom is -0.466 e. The van der Waals surface area contributed by atoms with E-state index in [-0.39, 0.29) is 29.2 Å². The number of nitrogens with one attached hydrogen (secondary N) is 1. The van der Waals surface area contributed by atoms with Crippen molar-refractivity contribution in [1.29, 1.82) is 0 Å². The summed E-state index contributed by atoms with van der Waals surface area (Å²) in [4.78, 5) is 21.6. The molecule has 0 aliphatic carbocycles. The van der Waals surface area contributed by atoms with Crippen molar-refractivity contribution in [2.45, 2.75) is 18.2 Å². The van der Waals surface area contributed by atoms with Crippen molar-refractivity contribution in [1.82, 2.24) is 0 Å². The molecule has 26 heavy (non-hydrogen) atoms. The molecule has 0 aliphatic heterocycles. The standard InChI is InChI=1S/C16H15ClN2O6S/c1-2-25-16(20)9-11-3-8-14(19(21)22)10-15(11)26(23,24)18-13-6-4-12(17)5-7-13/h3-8,10,18H,2,9H2,1H3. The number of esters is 1.